The number of guanidine groups is 2. The highest BCUT2D eigenvalue weighted by Gasteiger charge is 2.10. The summed E-state index contributed by atoms with van der Waals surface area (Å²) in [6.07, 6.45) is 0. The van der Waals surface area contributed by atoms with Crippen LogP contribution in [0.3, 0.4) is 0 Å². The first-order valence-corrected chi connectivity index (χ1v) is 5.97. The van der Waals surface area contributed by atoms with Gasteiger partial charge in [0.2, 0.25) is 0 Å². The lowest BCUT2D eigenvalue weighted by molar-refractivity contribution is 0.484. The van der Waals surface area contributed by atoms with Crippen molar-refractivity contribution < 1.29 is 0 Å². The fraction of sp³-hybridized carbons (Fsp3) is 0.273. The molecule has 7 heteroatoms. The van der Waals surface area contributed by atoms with Crippen molar-refractivity contribution in [2.24, 2.45) is 0 Å². The monoisotopic (exact) mass is 287 g/mol. The molecule has 1 aromatic carbocycles. The van der Waals surface area contributed by atoms with Gasteiger partial charge in [-0.2, -0.15) is 0 Å². The Morgan fingerprint density at radius 2 is 2.00 bits per heavy atom. The van der Waals surface area contributed by atoms with E-state index in [9.17, 15) is 0 Å². The number of nitrogens with one attached hydrogen (secondary N) is 4. The largest absolute Gasteiger partial charge is 0.359 e. The Kier molecular flexibility index (Phi) is 5.25. The van der Waals surface area contributed by atoms with Gasteiger partial charge >= 0.3 is 0 Å². The van der Waals surface area contributed by atoms with Crippen LogP contribution < -0.4 is 10.6 Å². The van der Waals surface area contributed by atoms with Crippen LogP contribution in [0.4, 0.5) is 0 Å². The third-order valence-corrected chi connectivity index (χ3v) is 3.17. The summed E-state index contributed by atoms with van der Waals surface area (Å²) < 4.78 is 0. The van der Waals surface area contributed by atoms with E-state index in [4.69, 9.17) is 34.0 Å². The predicted molar refractivity (Wildman–Crippen MR) is 75.6 cm³/mol. The summed E-state index contributed by atoms with van der Waals surface area (Å²) in [5.41, 5.74) is 0.828. The second-order valence-electron chi connectivity index (χ2n) is 3.67. The van der Waals surface area contributed by atoms with E-state index < -0.39 is 0 Å². The summed E-state index contributed by atoms with van der Waals surface area (Å²) in [6.45, 7) is 0.433. The summed E-state index contributed by atoms with van der Waals surface area (Å²) in [6, 6.07) is 5.37. The SMILES string of the molecule is CNC(=N)NC(=N)N(C)Cc1cccc(Cl)c1Cl. The van der Waals surface area contributed by atoms with Gasteiger partial charge in [0.1, 0.15) is 0 Å². The first-order chi connectivity index (χ1) is 8.45. The van der Waals surface area contributed by atoms with Gasteiger partial charge in [-0.3, -0.25) is 16.1 Å². The molecule has 0 heterocycles. The molecule has 0 spiro atoms. The predicted octanol–water partition coefficient (Wildman–Crippen LogP) is 2.10. The molecule has 0 aliphatic rings. The molecule has 0 atom stereocenters. The van der Waals surface area contributed by atoms with Crippen LogP contribution >= 0.6 is 23.2 Å². The molecule has 0 saturated heterocycles. The van der Waals surface area contributed by atoms with E-state index in [1.54, 1.807) is 25.1 Å². The van der Waals surface area contributed by atoms with Crippen LogP contribution in [0.15, 0.2) is 18.2 Å². The summed E-state index contributed by atoms with van der Waals surface area (Å²) >= 11 is 12.0. The van der Waals surface area contributed by atoms with Crippen LogP contribution in [0, 0.1) is 10.8 Å². The highest BCUT2D eigenvalue weighted by atomic mass is 35.5. The Morgan fingerprint density at radius 1 is 1.33 bits per heavy atom. The van der Waals surface area contributed by atoms with Crippen LogP contribution in [0.1, 0.15) is 5.56 Å². The highest BCUT2D eigenvalue weighted by Crippen LogP contribution is 2.26. The number of hydrogen-bond donors (Lipinski definition) is 4. The average Bonchev–Trinajstić information content (AvgIpc) is 2.34. The lowest BCUT2D eigenvalue weighted by Gasteiger charge is -2.21. The fourth-order valence-electron chi connectivity index (χ4n) is 1.28. The molecule has 0 fully saturated rings. The van der Waals surface area contributed by atoms with Crippen molar-refractivity contribution in [2.45, 2.75) is 6.54 Å². The molecule has 18 heavy (non-hydrogen) atoms. The molecule has 0 aromatic heterocycles. The topological polar surface area (TPSA) is 75.0 Å². The zero-order chi connectivity index (χ0) is 13.7. The smallest absolute Gasteiger partial charge is 0.197 e. The molecule has 1 rings (SSSR count). The number of benzene rings is 1. The zero-order valence-corrected chi connectivity index (χ0v) is 11.7. The zero-order valence-electron chi connectivity index (χ0n) is 10.1. The molecule has 0 aliphatic carbocycles. The van der Waals surface area contributed by atoms with Gasteiger partial charge in [0.25, 0.3) is 0 Å². The lowest BCUT2D eigenvalue weighted by Crippen LogP contribution is -2.45. The molecule has 1 aromatic rings. The third-order valence-electron chi connectivity index (χ3n) is 2.31. The molecular weight excluding hydrogens is 273 g/mol. The Bertz CT molecular complexity index is 461. The molecule has 0 saturated carbocycles. The van der Waals surface area contributed by atoms with E-state index in [0.29, 0.717) is 16.6 Å². The first-order valence-electron chi connectivity index (χ1n) is 5.21. The van der Waals surface area contributed by atoms with Gasteiger partial charge in [-0.15, -0.1) is 0 Å². The number of halogens is 2. The summed E-state index contributed by atoms with van der Waals surface area (Å²) in [5, 5.41) is 21.3. The fourth-order valence-corrected chi connectivity index (χ4v) is 1.66. The van der Waals surface area contributed by atoms with E-state index in [0.717, 1.165) is 5.56 Å². The van der Waals surface area contributed by atoms with Crippen molar-refractivity contribution in [3.8, 4) is 0 Å². The van der Waals surface area contributed by atoms with Crippen molar-refractivity contribution in [3.05, 3.63) is 33.8 Å². The van der Waals surface area contributed by atoms with Gasteiger partial charge in [-0.25, -0.2) is 0 Å². The second kappa shape index (κ2) is 6.47. The second-order valence-corrected chi connectivity index (χ2v) is 4.45. The van der Waals surface area contributed by atoms with Gasteiger partial charge in [0.05, 0.1) is 10.0 Å². The van der Waals surface area contributed by atoms with Gasteiger partial charge < -0.3 is 10.2 Å². The van der Waals surface area contributed by atoms with E-state index >= 15 is 0 Å². The van der Waals surface area contributed by atoms with Crippen molar-refractivity contribution in [3.63, 3.8) is 0 Å². The van der Waals surface area contributed by atoms with Crippen LogP contribution in [-0.2, 0) is 6.54 Å². The summed E-state index contributed by atoms with van der Waals surface area (Å²) in [5.74, 6) is 0.162. The molecule has 5 nitrogen and oxygen atoms in total. The van der Waals surface area contributed by atoms with Crippen molar-refractivity contribution >= 4 is 35.1 Å². The van der Waals surface area contributed by atoms with Crippen molar-refractivity contribution in [1.82, 2.24) is 15.5 Å². The first kappa shape index (κ1) is 14.6. The van der Waals surface area contributed by atoms with Gasteiger partial charge in [0.15, 0.2) is 11.9 Å². The normalized spacial score (nSPS) is 9.78. The van der Waals surface area contributed by atoms with E-state index in [-0.39, 0.29) is 11.9 Å². The summed E-state index contributed by atoms with van der Waals surface area (Å²) in [7, 11) is 3.34. The third kappa shape index (κ3) is 3.78. The van der Waals surface area contributed by atoms with Crippen molar-refractivity contribution in [1.29, 1.82) is 10.8 Å². The summed E-state index contributed by atoms with van der Waals surface area (Å²) in [4.78, 5) is 1.63. The van der Waals surface area contributed by atoms with Crippen LogP contribution in [-0.4, -0.2) is 30.9 Å². The lowest BCUT2D eigenvalue weighted by atomic mass is 10.2. The molecule has 4 N–H and O–H groups in total. The molecule has 0 bridgehead atoms. The highest BCUT2D eigenvalue weighted by molar-refractivity contribution is 6.42. The molecule has 0 unspecified atom stereocenters. The molecule has 0 radical (unpaired) electrons. The van der Waals surface area contributed by atoms with E-state index in [1.165, 1.54) is 0 Å². The van der Waals surface area contributed by atoms with Crippen LogP contribution in [0.2, 0.25) is 10.0 Å². The van der Waals surface area contributed by atoms with E-state index in [2.05, 4.69) is 10.6 Å². The average molecular weight is 288 g/mol. The Balaban J connectivity index is 2.69. The minimum Gasteiger partial charge on any atom is -0.359 e. The molecule has 0 amide bonds. The minimum atomic E-state index is 0.0593. The van der Waals surface area contributed by atoms with Crippen LogP contribution in [0.25, 0.3) is 0 Å². The maximum atomic E-state index is 7.76. The number of rotatable bonds is 2. The maximum absolute atomic E-state index is 7.76. The minimum absolute atomic E-state index is 0.0593. The Morgan fingerprint density at radius 3 is 2.61 bits per heavy atom. The molecular formula is C11H15Cl2N5. The number of hydrogen-bond acceptors (Lipinski definition) is 2. The quantitative estimate of drug-likeness (QED) is 0.497. The van der Waals surface area contributed by atoms with Crippen molar-refractivity contribution in [2.75, 3.05) is 14.1 Å². The standard InChI is InChI=1S/C11H15Cl2N5/c1-16-10(14)17-11(15)18(2)6-7-4-3-5-8(12)9(7)13/h3-5H,6H2,1-2H3,(H4,14,15,16,17). The molecule has 98 valence electrons. The van der Waals surface area contributed by atoms with Crippen LogP contribution in [0.5, 0.6) is 0 Å². The van der Waals surface area contributed by atoms with Gasteiger partial charge in [0, 0.05) is 20.6 Å². The van der Waals surface area contributed by atoms with E-state index in [1.807, 2.05) is 12.1 Å². The Labute approximate surface area is 116 Å². The van der Waals surface area contributed by atoms with Gasteiger partial charge in [-0.05, 0) is 11.6 Å². The Hall–Kier alpha value is -1.46. The van der Waals surface area contributed by atoms with Gasteiger partial charge in [-0.1, -0.05) is 35.3 Å². The number of nitrogens with zero attached hydrogens (tertiary/aromatic N) is 1. The maximum Gasteiger partial charge on any atom is 0.197 e. The molecule has 0 aliphatic heterocycles.